The minimum atomic E-state index is -0.954. The molecule has 0 unspecified atom stereocenters. The van der Waals surface area contributed by atoms with Crippen LogP contribution in [0.1, 0.15) is 55.1 Å². The quantitative estimate of drug-likeness (QED) is 0.688. The van der Waals surface area contributed by atoms with Crippen LogP contribution in [-0.4, -0.2) is 27.5 Å². The SMILES string of the molecule is CCCCCCCOCc1c(C(=O)O)cnn1C. The molecule has 0 aromatic carbocycles. The first kappa shape index (κ1) is 14.7. The number of hydrogen-bond acceptors (Lipinski definition) is 3. The maximum absolute atomic E-state index is 10.9. The molecule has 0 radical (unpaired) electrons. The first-order chi connectivity index (χ1) is 8.66. The van der Waals surface area contributed by atoms with Crippen molar-refractivity contribution in [2.75, 3.05) is 6.61 Å². The molecule has 1 N–H and O–H groups in total. The van der Waals surface area contributed by atoms with E-state index in [-0.39, 0.29) is 5.56 Å². The largest absolute Gasteiger partial charge is 0.478 e. The lowest BCUT2D eigenvalue weighted by Gasteiger charge is -2.06. The number of carboxylic acid groups (broad SMARTS) is 1. The Morgan fingerprint density at radius 3 is 2.78 bits per heavy atom. The molecule has 0 atom stereocenters. The molecule has 5 heteroatoms. The Labute approximate surface area is 108 Å². The highest BCUT2D eigenvalue weighted by Crippen LogP contribution is 2.10. The van der Waals surface area contributed by atoms with Gasteiger partial charge in [-0.2, -0.15) is 5.10 Å². The van der Waals surface area contributed by atoms with Gasteiger partial charge in [0.2, 0.25) is 0 Å². The molecule has 18 heavy (non-hydrogen) atoms. The summed E-state index contributed by atoms with van der Waals surface area (Å²) in [5, 5.41) is 12.9. The van der Waals surface area contributed by atoms with E-state index in [1.165, 1.54) is 31.9 Å². The second-order valence-corrected chi connectivity index (χ2v) is 4.40. The summed E-state index contributed by atoms with van der Waals surface area (Å²) in [6, 6.07) is 0. The van der Waals surface area contributed by atoms with Gasteiger partial charge in [-0.3, -0.25) is 4.68 Å². The van der Waals surface area contributed by atoms with Gasteiger partial charge < -0.3 is 9.84 Å². The predicted octanol–water partition coefficient (Wildman–Crippen LogP) is 2.61. The maximum atomic E-state index is 10.9. The Morgan fingerprint density at radius 2 is 2.11 bits per heavy atom. The molecule has 1 aromatic heterocycles. The standard InChI is InChI=1S/C13H22N2O3/c1-3-4-5-6-7-8-18-10-12-11(13(16)17)9-14-15(12)2/h9H,3-8,10H2,1-2H3,(H,16,17). The summed E-state index contributed by atoms with van der Waals surface area (Å²) in [6.07, 6.45) is 7.31. The number of hydrogen-bond donors (Lipinski definition) is 1. The summed E-state index contributed by atoms with van der Waals surface area (Å²) in [4.78, 5) is 10.9. The Kier molecular flexibility index (Phi) is 6.43. The Bertz CT molecular complexity index is 374. The van der Waals surface area contributed by atoms with E-state index in [2.05, 4.69) is 12.0 Å². The zero-order chi connectivity index (χ0) is 13.4. The first-order valence-corrected chi connectivity index (χ1v) is 6.48. The summed E-state index contributed by atoms with van der Waals surface area (Å²) in [5.41, 5.74) is 0.847. The smallest absolute Gasteiger partial charge is 0.339 e. The number of aryl methyl sites for hydroxylation is 1. The van der Waals surface area contributed by atoms with Crippen LogP contribution in [0.15, 0.2) is 6.20 Å². The summed E-state index contributed by atoms with van der Waals surface area (Å²) in [7, 11) is 1.73. The molecule has 0 aliphatic heterocycles. The van der Waals surface area contributed by atoms with Crippen LogP contribution >= 0.6 is 0 Å². The number of aromatic carboxylic acids is 1. The summed E-state index contributed by atoms with van der Waals surface area (Å²) >= 11 is 0. The lowest BCUT2D eigenvalue weighted by Crippen LogP contribution is -2.07. The Hall–Kier alpha value is -1.36. The monoisotopic (exact) mass is 254 g/mol. The number of ether oxygens (including phenoxy) is 1. The van der Waals surface area contributed by atoms with Gasteiger partial charge in [0.25, 0.3) is 0 Å². The van der Waals surface area contributed by atoms with Crippen LogP contribution in [0.3, 0.4) is 0 Å². The lowest BCUT2D eigenvalue weighted by atomic mass is 10.2. The van der Waals surface area contributed by atoms with Gasteiger partial charge in [-0.1, -0.05) is 32.6 Å². The Balaban J connectivity index is 2.27. The maximum Gasteiger partial charge on any atom is 0.339 e. The second-order valence-electron chi connectivity index (χ2n) is 4.40. The Morgan fingerprint density at radius 1 is 1.39 bits per heavy atom. The van der Waals surface area contributed by atoms with Crippen molar-refractivity contribution in [3.05, 3.63) is 17.5 Å². The van der Waals surface area contributed by atoms with Gasteiger partial charge in [0.05, 0.1) is 18.5 Å². The third-order valence-corrected chi connectivity index (χ3v) is 2.92. The highest BCUT2D eigenvalue weighted by Gasteiger charge is 2.14. The van der Waals surface area contributed by atoms with Crippen LogP contribution < -0.4 is 0 Å². The molecule has 0 saturated heterocycles. The number of nitrogens with zero attached hydrogens (tertiary/aromatic N) is 2. The van der Waals surface area contributed by atoms with E-state index in [0.29, 0.717) is 18.9 Å². The molecular weight excluding hydrogens is 232 g/mol. The number of aromatic nitrogens is 2. The molecule has 1 aromatic rings. The number of rotatable bonds is 9. The third-order valence-electron chi connectivity index (χ3n) is 2.92. The molecule has 0 bridgehead atoms. The topological polar surface area (TPSA) is 64.3 Å². The van der Waals surface area contributed by atoms with Crippen molar-refractivity contribution in [1.29, 1.82) is 0 Å². The molecule has 5 nitrogen and oxygen atoms in total. The van der Waals surface area contributed by atoms with Crippen LogP contribution in [0.5, 0.6) is 0 Å². The van der Waals surface area contributed by atoms with Crippen LogP contribution in [0.4, 0.5) is 0 Å². The van der Waals surface area contributed by atoms with Crippen molar-refractivity contribution in [3.8, 4) is 0 Å². The fourth-order valence-corrected chi connectivity index (χ4v) is 1.79. The normalized spacial score (nSPS) is 10.8. The van der Waals surface area contributed by atoms with Crippen LogP contribution in [0.25, 0.3) is 0 Å². The zero-order valence-corrected chi connectivity index (χ0v) is 11.2. The minimum Gasteiger partial charge on any atom is -0.478 e. The molecular formula is C13H22N2O3. The van der Waals surface area contributed by atoms with Crippen molar-refractivity contribution in [2.24, 2.45) is 7.05 Å². The molecule has 0 aliphatic carbocycles. The number of carbonyl (C=O) groups is 1. The average molecular weight is 254 g/mol. The molecule has 1 rings (SSSR count). The second kappa shape index (κ2) is 7.87. The van der Waals surface area contributed by atoms with Gasteiger partial charge in [-0.15, -0.1) is 0 Å². The molecule has 0 fully saturated rings. The van der Waals surface area contributed by atoms with Gasteiger partial charge in [0, 0.05) is 13.7 Å². The first-order valence-electron chi connectivity index (χ1n) is 6.48. The van der Waals surface area contributed by atoms with Crippen molar-refractivity contribution in [2.45, 2.75) is 45.6 Å². The summed E-state index contributed by atoms with van der Waals surface area (Å²) in [6.45, 7) is 3.17. The highest BCUT2D eigenvalue weighted by atomic mass is 16.5. The average Bonchev–Trinajstić information content (AvgIpc) is 2.70. The summed E-state index contributed by atoms with van der Waals surface area (Å²) in [5.74, 6) is -0.954. The van der Waals surface area contributed by atoms with Crippen LogP contribution in [0, 0.1) is 0 Å². The third kappa shape index (κ3) is 4.49. The van der Waals surface area contributed by atoms with E-state index in [1.54, 1.807) is 11.7 Å². The van der Waals surface area contributed by atoms with E-state index < -0.39 is 5.97 Å². The van der Waals surface area contributed by atoms with Crippen molar-refractivity contribution in [1.82, 2.24) is 9.78 Å². The van der Waals surface area contributed by atoms with Crippen molar-refractivity contribution < 1.29 is 14.6 Å². The van der Waals surface area contributed by atoms with Crippen molar-refractivity contribution >= 4 is 5.97 Å². The fraction of sp³-hybridized carbons (Fsp3) is 0.692. The van der Waals surface area contributed by atoms with E-state index in [9.17, 15) is 4.79 Å². The van der Waals surface area contributed by atoms with Crippen molar-refractivity contribution in [3.63, 3.8) is 0 Å². The molecule has 102 valence electrons. The van der Waals surface area contributed by atoms with E-state index >= 15 is 0 Å². The van der Waals surface area contributed by atoms with Crippen LogP contribution in [-0.2, 0) is 18.4 Å². The van der Waals surface area contributed by atoms with Gasteiger partial charge in [0.15, 0.2) is 0 Å². The van der Waals surface area contributed by atoms with Gasteiger partial charge in [-0.25, -0.2) is 4.79 Å². The van der Waals surface area contributed by atoms with E-state index in [4.69, 9.17) is 9.84 Å². The lowest BCUT2D eigenvalue weighted by molar-refractivity contribution is 0.0685. The molecule has 0 saturated carbocycles. The predicted molar refractivity (Wildman–Crippen MR) is 68.6 cm³/mol. The van der Waals surface area contributed by atoms with Gasteiger partial charge in [0.1, 0.15) is 5.56 Å². The van der Waals surface area contributed by atoms with E-state index in [1.807, 2.05) is 0 Å². The number of carboxylic acids is 1. The van der Waals surface area contributed by atoms with Gasteiger partial charge in [-0.05, 0) is 6.42 Å². The molecule has 1 heterocycles. The van der Waals surface area contributed by atoms with Gasteiger partial charge >= 0.3 is 5.97 Å². The fourth-order valence-electron chi connectivity index (χ4n) is 1.79. The van der Waals surface area contributed by atoms with Crippen LogP contribution in [0.2, 0.25) is 0 Å². The summed E-state index contributed by atoms with van der Waals surface area (Å²) < 4.78 is 7.06. The minimum absolute atomic E-state index is 0.225. The highest BCUT2D eigenvalue weighted by molar-refractivity contribution is 5.88. The zero-order valence-electron chi connectivity index (χ0n) is 11.2. The molecule has 0 aliphatic rings. The molecule has 0 amide bonds. The number of unbranched alkanes of at least 4 members (excludes halogenated alkanes) is 4. The van der Waals surface area contributed by atoms with E-state index in [0.717, 1.165) is 6.42 Å². The molecule has 0 spiro atoms.